The number of benzene rings is 1. The van der Waals surface area contributed by atoms with Gasteiger partial charge in [-0.1, -0.05) is 12.1 Å². The van der Waals surface area contributed by atoms with Crippen molar-refractivity contribution in [2.24, 2.45) is 0 Å². The highest BCUT2D eigenvalue weighted by Crippen LogP contribution is 2.25. The number of hydrogen-bond donors (Lipinski definition) is 1. The summed E-state index contributed by atoms with van der Waals surface area (Å²) in [5.74, 6) is 0.0481. The van der Waals surface area contributed by atoms with Gasteiger partial charge in [-0.25, -0.2) is 4.39 Å². The second-order valence-electron chi connectivity index (χ2n) is 3.83. The number of methoxy groups -OCH3 is 1. The largest absolute Gasteiger partial charge is 0.399 e. The highest BCUT2D eigenvalue weighted by molar-refractivity contribution is 5.60. The fourth-order valence-electron chi connectivity index (χ4n) is 1.64. The van der Waals surface area contributed by atoms with Crippen LogP contribution in [0, 0.1) is 5.82 Å². The Balaban J connectivity index is 2.37. The molecule has 0 bridgehead atoms. The molecule has 2 aromatic rings. The first-order valence-electron chi connectivity index (χ1n) is 5.57. The minimum Gasteiger partial charge on any atom is -0.399 e. The van der Waals surface area contributed by atoms with Crippen molar-refractivity contribution < 1.29 is 13.7 Å². The SMILES string of the molecule is CCC(OC)c1noc(-c2cc(N)ccc2F)n1. The second-order valence-corrected chi connectivity index (χ2v) is 3.83. The summed E-state index contributed by atoms with van der Waals surface area (Å²) in [6.07, 6.45) is 0.445. The Morgan fingerprint density at radius 3 is 2.94 bits per heavy atom. The molecule has 0 aliphatic carbocycles. The third-order valence-electron chi connectivity index (χ3n) is 2.61. The molecule has 1 heterocycles. The van der Waals surface area contributed by atoms with Crippen LogP contribution in [0.3, 0.4) is 0 Å². The van der Waals surface area contributed by atoms with Gasteiger partial charge in [0, 0.05) is 12.8 Å². The molecule has 0 saturated heterocycles. The van der Waals surface area contributed by atoms with Gasteiger partial charge < -0.3 is 15.0 Å². The lowest BCUT2D eigenvalue weighted by Crippen LogP contribution is -2.01. The number of ether oxygens (including phenoxy) is 1. The summed E-state index contributed by atoms with van der Waals surface area (Å²) in [6.45, 7) is 1.94. The highest BCUT2D eigenvalue weighted by Gasteiger charge is 2.18. The standard InChI is InChI=1S/C12H14FN3O2/c1-3-10(17-2)11-15-12(18-16-11)8-6-7(14)4-5-9(8)13/h4-6,10H,3,14H2,1-2H3. The molecule has 0 saturated carbocycles. The highest BCUT2D eigenvalue weighted by atomic mass is 19.1. The maximum absolute atomic E-state index is 13.6. The first-order valence-corrected chi connectivity index (χ1v) is 5.57. The number of hydrogen-bond acceptors (Lipinski definition) is 5. The summed E-state index contributed by atoms with van der Waals surface area (Å²) in [7, 11) is 1.56. The lowest BCUT2D eigenvalue weighted by Gasteiger charge is -2.06. The van der Waals surface area contributed by atoms with E-state index in [0.717, 1.165) is 0 Å². The van der Waals surface area contributed by atoms with E-state index in [1.807, 2.05) is 6.92 Å². The van der Waals surface area contributed by atoms with Crippen LogP contribution in [0.1, 0.15) is 25.3 Å². The summed E-state index contributed by atoms with van der Waals surface area (Å²) in [5.41, 5.74) is 6.23. The number of anilines is 1. The van der Waals surface area contributed by atoms with Gasteiger partial charge >= 0.3 is 0 Å². The van der Waals surface area contributed by atoms with Crippen molar-refractivity contribution in [2.75, 3.05) is 12.8 Å². The molecule has 0 amide bonds. The maximum Gasteiger partial charge on any atom is 0.261 e. The van der Waals surface area contributed by atoms with Crippen LogP contribution in [-0.2, 0) is 4.74 Å². The first kappa shape index (κ1) is 12.5. The summed E-state index contributed by atoms with van der Waals surface area (Å²) >= 11 is 0. The van der Waals surface area contributed by atoms with E-state index in [0.29, 0.717) is 17.9 Å². The summed E-state index contributed by atoms with van der Waals surface area (Å²) in [6, 6.07) is 4.20. The van der Waals surface area contributed by atoms with Gasteiger partial charge in [-0.3, -0.25) is 0 Å². The van der Waals surface area contributed by atoms with Crippen molar-refractivity contribution in [3.8, 4) is 11.5 Å². The number of rotatable bonds is 4. The normalized spacial score (nSPS) is 12.6. The van der Waals surface area contributed by atoms with Gasteiger partial charge in [0.1, 0.15) is 11.9 Å². The van der Waals surface area contributed by atoms with E-state index < -0.39 is 5.82 Å². The average molecular weight is 251 g/mol. The fraction of sp³-hybridized carbons (Fsp3) is 0.333. The average Bonchev–Trinajstić information content (AvgIpc) is 2.83. The zero-order chi connectivity index (χ0) is 13.1. The Hall–Kier alpha value is -1.95. The van der Waals surface area contributed by atoms with Crippen LogP contribution >= 0.6 is 0 Å². The van der Waals surface area contributed by atoms with E-state index in [9.17, 15) is 4.39 Å². The molecule has 6 heteroatoms. The Morgan fingerprint density at radius 1 is 1.50 bits per heavy atom. The van der Waals surface area contributed by atoms with Gasteiger partial charge in [0.05, 0.1) is 5.56 Å². The van der Waals surface area contributed by atoms with Crippen LogP contribution in [0.25, 0.3) is 11.5 Å². The van der Waals surface area contributed by atoms with Crippen molar-refractivity contribution in [3.05, 3.63) is 29.8 Å². The van der Waals surface area contributed by atoms with Crippen LogP contribution in [0.5, 0.6) is 0 Å². The summed E-state index contributed by atoms with van der Waals surface area (Å²) in [4.78, 5) is 4.13. The molecule has 2 rings (SSSR count). The number of aromatic nitrogens is 2. The monoisotopic (exact) mass is 251 g/mol. The van der Waals surface area contributed by atoms with Crippen molar-refractivity contribution in [3.63, 3.8) is 0 Å². The minimum atomic E-state index is -0.454. The molecular weight excluding hydrogens is 237 g/mol. The topological polar surface area (TPSA) is 74.2 Å². The zero-order valence-electron chi connectivity index (χ0n) is 10.2. The lowest BCUT2D eigenvalue weighted by molar-refractivity contribution is 0.0903. The zero-order valence-corrected chi connectivity index (χ0v) is 10.2. The third kappa shape index (κ3) is 2.33. The quantitative estimate of drug-likeness (QED) is 0.845. The second kappa shape index (κ2) is 5.14. The Bertz CT molecular complexity index is 538. The molecule has 1 aromatic carbocycles. The van der Waals surface area contributed by atoms with Crippen molar-refractivity contribution in [1.82, 2.24) is 10.1 Å². The Morgan fingerprint density at radius 2 is 2.28 bits per heavy atom. The maximum atomic E-state index is 13.6. The van der Waals surface area contributed by atoms with Crippen molar-refractivity contribution in [1.29, 1.82) is 0 Å². The van der Waals surface area contributed by atoms with Gasteiger partial charge in [-0.05, 0) is 24.6 Å². The van der Waals surface area contributed by atoms with E-state index in [1.54, 1.807) is 7.11 Å². The Kier molecular flexibility index (Phi) is 3.57. The van der Waals surface area contributed by atoms with Gasteiger partial charge in [0.15, 0.2) is 0 Å². The molecule has 1 unspecified atom stereocenters. The van der Waals surface area contributed by atoms with E-state index in [2.05, 4.69) is 10.1 Å². The molecule has 5 nitrogen and oxygen atoms in total. The molecule has 1 atom stereocenters. The van der Waals surface area contributed by atoms with Crippen LogP contribution in [-0.4, -0.2) is 17.3 Å². The molecule has 0 spiro atoms. The van der Waals surface area contributed by atoms with Crippen molar-refractivity contribution in [2.45, 2.75) is 19.4 Å². The molecule has 0 fully saturated rings. The van der Waals surface area contributed by atoms with E-state index in [-0.39, 0.29) is 17.6 Å². The van der Waals surface area contributed by atoms with Crippen LogP contribution in [0.4, 0.5) is 10.1 Å². The van der Waals surface area contributed by atoms with Crippen LogP contribution in [0.2, 0.25) is 0 Å². The molecule has 2 N–H and O–H groups in total. The van der Waals surface area contributed by atoms with Gasteiger partial charge in [0.2, 0.25) is 5.82 Å². The molecular formula is C12H14FN3O2. The molecule has 0 aliphatic rings. The predicted octanol–water partition coefficient (Wildman–Crippen LogP) is 2.56. The first-order chi connectivity index (χ1) is 8.65. The number of nitrogens with zero attached hydrogens (tertiary/aromatic N) is 2. The summed E-state index contributed by atoms with van der Waals surface area (Å²) in [5, 5.41) is 3.79. The molecule has 1 aromatic heterocycles. The van der Waals surface area contributed by atoms with Gasteiger partial charge in [0.25, 0.3) is 5.89 Å². The minimum absolute atomic E-state index is 0.102. The van der Waals surface area contributed by atoms with Crippen molar-refractivity contribution >= 4 is 5.69 Å². The molecule has 96 valence electrons. The third-order valence-corrected chi connectivity index (χ3v) is 2.61. The van der Waals surface area contributed by atoms with E-state index in [1.165, 1.54) is 18.2 Å². The molecule has 18 heavy (non-hydrogen) atoms. The fourth-order valence-corrected chi connectivity index (χ4v) is 1.64. The number of nitrogens with two attached hydrogens (primary N) is 1. The van der Waals surface area contributed by atoms with Crippen LogP contribution in [0.15, 0.2) is 22.7 Å². The molecule has 0 radical (unpaired) electrons. The number of halogens is 1. The predicted molar refractivity (Wildman–Crippen MR) is 64.1 cm³/mol. The lowest BCUT2D eigenvalue weighted by atomic mass is 10.2. The van der Waals surface area contributed by atoms with E-state index >= 15 is 0 Å². The van der Waals surface area contributed by atoms with E-state index in [4.69, 9.17) is 15.0 Å². The summed E-state index contributed by atoms with van der Waals surface area (Å²) < 4.78 is 23.8. The number of nitrogen functional groups attached to an aromatic ring is 1. The van der Waals surface area contributed by atoms with Gasteiger partial charge in [-0.15, -0.1) is 0 Å². The smallest absolute Gasteiger partial charge is 0.261 e. The van der Waals surface area contributed by atoms with Gasteiger partial charge in [-0.2, -0.15) is 4.98 Å². The molecule has 0 aliphatic heterocycles. The Labute approximate surface area is 104 Å². The van der Waals surface area contributed by atoms with Crippen LogP contribution < -0.4 is 5.73 Å².